The predicted molar refractivity (Wildman–Crippen MR) is 77.4 cm³/mol. The van der Waals surface area contributed by atoms with Crippen LogP contribution in [0.5, 0.6) is 0 Å². The third kappa shape index (κ3) is 3.09. The molecular formula is C14H22N2O2S. The molecule has 1 atom stereocenters. The number of nitrogens with two attached hydrogens (primary N) is 1. The second-order valence-corrected chi connectivity index (χ2v) is 7.37. The van der Waals surface area contributed by atoms with Crippen molar-refractivity contribution in [2.24, 2.45) is 5.92 Å². The minimum atomic E-state index is -3.38. The molecule has 0 aromatic heterocycles. The van der Waals surface area contributed by atoms with Gasteiger partial charge in [-0.1, -0.05) is 6.92 Å². The molecule has 1 unspecified atom stereocenters. The lowest BCUT2D eigenvalue weighted by Gasteiger charge is -2.21. The summed E-state index contributed by atoms with van der Waals surface area (Å²) in [5.41, 5.74) is 7.00. The number of sulfonamides is 1. The van der Waals surface area contributed by atoms with Crippen LogP contribution in [0.3, 0.4) is 0 Å². The third-order valence-electron chi connectivity index (χ3n) is 3.79. The number of benzene rings is 1. The Bertz CT molecular complexity index is 555. The lowest BCUT2D eigenvalue weighted by atomic mass is 10.0. The van der Waals surface area contributed by atoms with Gasteiger partial charge in [-0.15, -0.1) is 0 Å². The monoisotopic (exact) mass is 282 g/mol. The Morgan fingerprint density at radius 2 is 2.00 bits per heavy atom. The first-order valence-electron chi connectivity index (χ1n) is 6.77. The van der Waals surface area contributed by atoms with Gasteiger partial charge in [-0.2, -0.15) is 4.31 Å². The Morgan fingerprint density at radius 1 is 1.26 bits per heavy atom. The highest BCUT2D eigenvalue weighted by Gasteiger charge is 2.27. The number of nitrogen functional groups attached to an aromatic ring is 1. The molecule has 0 aliphatic carbocycles. The summed E-state index contributed by atoms with van der Waals surface area (Å²) in [5, 5.41) is 0. The molecule has 4 nitrogen and oxygen atoms in total. The summed E-state index contributed by atoms with van der Waals surface area (Å²) in [6, 6.07) is 4.99. The molecule has 0 radical (unpaired) electrons. The molecule has 1 aliphatic rings. The summed E-state index contributed by atoms with van der Waals surface area (Å²) in [6.07, 6.45) is 2.98. The van der Waals surface area contributed by atoms with Crippen LogP contribution >= 0.6 is 0 Å². The lowest BCUT2D eigenvalue weighted by Crippen LogP contribution is -2.32. The molecule has 1 aromatic carbocycles. The first-order chi connectivity index (χ1) is 8.91. The summed E-state index contributed by atoms with van der Waals surface area (Å²) in [6.45, 7) is 5.22. The topological polar surface area (TPSA) is 63.4 Å². The van der Waals surface area contributed by atoms with E-state index in [1.165, 1.54) is 0 Å². The van der Waals surface area contributed by atoms with Crippen LogP contribution in [0, 0.1) is 12.8 Å². The van der Waals surface area contributed by atoms with Crippen molar-refractivity contribution < 1.29 is 8.42 Å². The van der Waals surface area contributed by atoms with Crippen LogP contribution in [0.25, 0.3) is 0 Å². The zero-order chi connectivity index (χ0) is 14.0. The molecule has 5 heteroatoms. The number of hydrogen-bond donors (Lipinski definition) is 1. The maximum absolute atomic E-state index is 12.7. The number of nitrogens with zero attached hydrogens (tertiary/aromatic N) is 1. The van der Waals surface area contributed by atoms with Crippen molar-refractivity contribution in [3.05, 3.63) is 23.8 Å². The zero-order valence-electron chi connectivity index (χ0n) is 11.6. The molecule has 0 amide bonds. The maximum atomic E-state index is 12.7. The highest BCUT2D eigenvalue weighted by atomic mass is 32.2. The van der Waals surface area contributed by atoms with Crippen molar-refractivity contribution in [1.29, 1.82) is 0 Å². The third-order valence-corrected chi connectivity index (χ3v) is 5.85. The van der Waals surface area contributed by atoms with Crippen LogP contribution in [-0.4, -0.2) is 25.8 Å². The quantitative estimate of drug-likeness (QED) is 0.847. The molecule has 106 valence electrons. The van der Waals surface area contributed by atoms with Crippen molar-refractivity contribution in [2.45, 2.75) is 38.0 Å². The van der Waals surface area contributed by atoms with Crippen molar-refractivity contribution in [2.75, 3.05) is 18.8 Å². The average Bonchev–Trinajstić information content (AvgIpc) is 2.53. The fourth-order valence-electron chi connectivity index (χ4n) is 2.58. The van der Waals surface area contributed by atoms with Gasteiger partial charge in [0.1, 0.15) is 0 Å². The smallest absolute Gasteiger partial charge is 0.243 e. The van der Waals surface area contributed by atoms with E-state index in [1.54, 1.807) is 29.4 Å². The standard InChI is InChI=1S/C14H22N2O2S/c1-11-4-3-8-16(9-7-11)19(17,18)14-6-5-13(15)10-12(14)2/h5-6,10-11H,3-4,7-9,15H2,1-2H3. The zero-order valence-corrected chi connectivity index (χ0v) is 12.4. The summed E-state index contributed by atoms with van der Waals surface area (Å²) in [4.78, 5) is 0.385. The van der Waals surface area contributed by atoms with Crippen LogP contribution < -0.4 is 5.73 Å². The highest BCUT2D eigenvalue weighted by molar-refractivity contribution is 7.89. The minimum absolute atomic E-state index is 0.385. The number of rotatable bonds is 2. The molecule has 0 spiro atoms. The lowest BCUT2D eigenvalue weighted by molar-refractivity contribution is 0.416. The van der Waals surface area contributed by atoms with Crippen LogP contribution in [0.15, 0.2) is 23.1 Å². The van der Waals surface area contributed by atoms with Gasteiger partial charge in [0, 0.05) is 18.8 Å². The van der Waals surface area contributed by atoms with Crippen molar-refractivity contribution in [1.82, 2.24) is 4.31 Å². The van der Waals surface area contributed by atoms with E-state index in [-0.39, 0.29) is 0 Å². The van der Waals surface area contributed by atoms with E-state index in [1.807, 2.05) is 0 Å². The number of anilines is 1. The van der Waals surface area contributed by atoms with Gasteiger partial charge >= 0.3 is 0 Å². The Labute approximate surface area is 115 Å². The fraction of sp³-hybridized carbons (Fsp3) is 0.571. The van der Waals surface area contributed by atoms with E-state index in [0.29, 0.717) is 29.6 Å². The molecule has 2 N–H and O–H groups in total. The van der Waals surface area contributed by atoms with Gasteiger partial charge < -0.3 is 5.73 Å². The van der Waals surface area contributed by atoms with Crippen LogP contribution in [0.1, 0.15) is 31.7 Å². The molecule has 1 aromatic rings. The molecule has 1 saturated heterocycles. The van der Waals surface area contributed by atoms with E-state index in [2.05, 4.69) is 6.92 Å². The van der Waals surface area contributed by atoms with Crippen molar-refractivity contribution >= 4 is 15.7 Å². The van der Waals surface area contributed by atoms with E-state index < -0.39 is 10.0 Å². The SMILES string of the molecule is Cc1cc(N)ccc1S(=O)(=O)N1CCCC(C)CC1. The average molecular weight is 282 g/mol. The molecule has 19 heavy (non-hydrogen) atoms. The molecule has 0 saturated carbocycles. The number of aryl methyl sites for hydroxylation is 1. The first-order valence-corrected chi connectivity index (χ1v) is 8.21. The Morgan fingerprint density at radius 3 is 2.68 bits per heavy atom. The van der Waals surface area contributed by atoms with Crippen LogP contribution in [0.4, 0.5) is 5.69 Å². The first kappa shape index (κ1) is 14.3. The van der Waals surface area contributed by atoms with Gasteiger partial charge in [0.2, 0.25) is 10.0 Å². The van der Waals surface area contributed by atoms with Crippen molar-refractivity contribution in [3.8, 4) is 0 Å². The van der Waals surface area contributed by atoms with Gasteiger partial charge in [-0.05, 0) is 55.9 Å². The predicted octanol–water partition coefficient (Wildman–Crippen LogP) is 2.39. The van der Waals surface area contributed by atoms with Gasteiger partial charge in [0.05, 0.1) is 4.90 Å². The van der Waals surface area contributed by atoms with E-state index >= 15 is 0 Å². The largest absolute Gasteiger partial charge is 0.399 e. The molecule has 2 rings (SSSR count). The second-order valence-electron chi connectivity index (χ2n) is 5.47. The molecule has 1 aliphatic heterocycles. The van der Waals surface area contributed by atoms with E-state index in [0.717, 1.165) is 24.8 Å². The van der Waals surface area contributed by atoms with Gasteiger partial charge in [0.15, 0.2) is 0 Å². The minimum Gasteiger partial charge on any atom is -0.399 e. The normalized spacial score (nSPS) is 22.1. The summed E-state index contributed by atoms with van der Waals surface area (Å²) in [7, 11) is -3.38. The fourth-order valence-corrected chi connectivity index (χ4v) is 4.28. The van der Waals surface area contributed by atoms with Crippen molar-refractivity contribution in [3.63, 3.8) is 0 Å². The van der Waals surface area contributed by atoms with E-state index in [4.69, 9.17) is 5.73 Å². The summed E-state index contributed by atoms with van der Waals surface area (Å²) >= 11 is 0. The van der Waals surface area contributed by atoms with Gasteiger partial charge in [-0.3, -0.25) is 0 Å². The van der Waals surface area contributed by atoms with E-state index in [9.17, 15) is 8.42 Å². The Kier molecular flexibility index (Phi) is 4.16. The molecule has 0 bridgehead atoms. The molecule has 1 heterocycles. The van der Waals surface area contributed by atoms with Gasteiger partial charge in [0.25, 0.3) is 0 Å². The Balaban J connectivity index is 2.31. The number of hydrogen-bond acceptors (Lipinski definition) is 3. The second kappa shape index (κ2) is 5.51. The molecular weight excluding hydrogens is 260 g/mol. The highest BCUT2D eigenvalue weighted by Crippen LogP contribution is 2.25. The van der Waals surface area contributed by atoms with Gasteiger partial charge in [-0.25, -0.2) is 8.42 Å². The van der Waals surface area contributed by atoms with Crippen LogP contribution in [0.2, 0.25) is 0 Å². The molecule has 1 fully saturated rings. The summed E-state index contributed by atoms with van der Waals surface area (Å²) in [5.74, 6) is 0.604. The summed E-state index contributed by atoms with van der Waals surface area (Å²) < 4.78 is 26.9. The maximum Gasteiger partial charge on any atom is 0.243 e. The van der Waals surface area contributed by atoms with Crippen LogP contribution in [-0.2, 0) is 10.0 Å². The Hall–Kier alpha value is -1.07.